The number of hydrogen-bond donors (Lipinski definition) is 2. The zero-order chi connectivity index (χ0) is 20.3. The number of aromatic nitrogens is 1. The lowest BCUT2D eigenvalue weighted by molar-refractivity contribution is -0.137. The van der Waals surface area contributed by atoms with Crippen LogP contribution in [0, 0.1) is 11.6 Å². The zero-order valence-corrected chi connectivity index (χ0v) is 14.0. The van der Waals surface area contributed by atoms with E-state index in [2.05, 4.69) is 15.6 Å². The fraction of sp³-hybridized carbons (Fsp3) is 0.0526. The normalized spacial score (nSPS) is 11.2. The van der Waals surface area contributed by atoms with Crippen LogP contribution in [0.3, 0.4) is 0 Å². The molecule has 2 N–H and O–H groups in total. The Morgan fingerprint density at radius 2 is 1.61 bits per heavy atom. The summed E-state index contributed by atoms with van der Waals surface area (Å²) in [6, 6.07) is 10.2. The Morgan fingerprint density at radius 1 is 0.857 bits per heavy atom. The summed E-state index contributed by atoms with van der Waals surface area (Å²) in [6.45, 7) is 0. The van der Waals surface area contributed by atoms with Gasteiger partial charge in [0.15, 0.2) is 11.6 Å². The van der Waals surface area contributed by atoms with Crippen LogP contribution in [0.15, 0.2) is 60.8 Å². The van der Waals surface area contributed by atoms with E-state index in [4.69, 9.17) is 0 Å². The molecule has 0 radical (unpaired) electrons. The summed E-state index contributed by atoms with van der Waals surface area (Å²) in [4.78, 5) is 16.1. The van der Waals surface area contributed by atoms with Gasteiger partial charge in [0, 0.05) is 29.3 Å². The molecule has 0 aliphatic carbocycles. The van der Waals surface area contributed by atoms with Crippen LogP contribution >= 0.6 is 0 Å². The van der Waals surface area contributed by atoms with Crippen molar-refractivity contribution in [2.75, 3.05) is 10.6 Å². The van der Waals surface area contributed by atoms with Gasteiger partial charge in [-0.1, -0.05) is 6.07 Å². The van der Waals surface area contributed by atoms with Crippen molar-refractivity contribution in [1.82, 2.24) is 4.98 Å². The van der Waals surface area contributed by atoms with Gasteiger partial charge in [-0.3, -0.25) is 9.78 Å². The number of carbonyl (C=O) groups is 1. The molecule has 0 atom stereocenters. The lowest BCUT2D eigenvalue weighted by Crippen LogP contribution is -2.14. The lowest BCUT2D eigenvalue weighted by atomic mass is 10.2. The van der Waals surface area contributed by atoms with Crippen molar-refractivity contribution in [2.24, 2.45) is 0 Å². The van der Waals surface area contributed by atoms with Crippen molar-refractivity contribution in [1.29, 1.82) is 0 Å². The minimum absolute atomic E-state index is 0.0296. The molecule has 9 heteroatoms. The summed E-state index contributed by atoms with van der Waals surface area (Å²) >= 11 is 0. The number of amides is 1. The number of anilines is 3. The Labute approximate surface area is 156 Å². The number of pyridine rings is 1. The Morgan fingerprint density at radius 3 is 2.32 bits per heavy atom. The van der Waals surface area contributed by atoms with E-state index < -0.39 is 29.3 Å². The van der Waals surface area contributed by atoms with E-state index in [1.165, 1.54) is 36.5 Å². The number of benzene rings is 2. The summed E-state index contributed by atoms with van der Waals surface area (Å²) < 4.78 is 64.6. The van der Waals surface area contributed by atoms with Gasteiger partial charge in [0.05, 0.1) is 5.56 Å². The molecule has 0 spiro atoms. The van der Waals surface area contributed by atoms with Crippen molar-refractivity contribution < 1.29 is 26.7 Å². The molecule has 28 heavy (non-hydrogen) atoms. The fourth-order valence-corrected chi connectivity index (χ4v) is 2.34. The third-order valence-electron chi connectivity index (χ3n) is 3.65. The Hall–Kier alpha value is -3.49. The Balaban J connectivity index is 1.76. The van der Waals surface area contributed by atoms with E-state index >= 15 is 0 Å². The molecule has 3 rings (SSSR count). The molecule has 1 heterocycles. The minimum atomic E-state index is -4.48. The maximum atomic E-state index is 13.2. The number of nitrogens with one attached hydrogen (secondary N) is 2. The van der Waals surface area contributed by atoms with Crippen LogP contribution in [-0.2, 0) is 6.18 Å². The first kappa shape index (κ1) is 19.3. The van der Waals surface area contributed by atoms with Crippen LogP contribution in [0.25, 0.3) is 0 Å². The second-order valence-corrected chi connectivity index (χ2v) is 5.72. The van der Waals surface area contributed by atoms with Crippen LogP contribution in [-0.4, -0.2) is 10.9 Å². The van der Waals surface area contributed by atoms with Gasteiger partial charge in [-0.05, 0) is 42.5 Å². The number of hydrogen-bond acceptors (Lipinski definition) is 3. The summed E-state index contributed by atoms with van der Waals surface area (Å²) in [5, 5.41) is 5.12. The summed E-state index contributed by atoms with van der Waals surface area (Å²) in [5.74, 6) is -2.87. The summed E-state index contributed by atoms with van der Waals surface area (Å²) in [6.07, 6.45) is -3.19. The molecular weight excluding hydrogens is 381 g/mol. The van der Waals surface area contributed by atoms with Gasteiger partial charge in [-0.15, -0.1) is 0 Å². The van der Waals surface area contributed by atoms with Crippen molar-refractivity contribution in [2.45, 2.75) is 6.18 Å². The van der Waals surface area contributed by atoms with Crippen LogP contribution in [0.4, 0.5) is 39.0 Å². The predicted octanol–water partition coefficient (Wildman–Crippen LogP) is 5.37. The molecule has 4 nitrogen and oxygen atoms in total. The third kappa shape index (κ3) is 4.61. The first-order valence-electron chi connectivity index (χ1n) is 7.89. The van der Waals surface area contributed by atoms with Gasteiger partial charge >= 0.3 is 6.18 Å². The molecule has 0 fully saturated rings. The molecule has 0 unspecified atom stereocenters. The first-order valence-corrected chi connectivity index (χ1v) is 7.89. The predicted molar refractivity (Wildman–Crippen MR) is 93.3 cm³/mol. The van der Waals surface area contributed by atoms with Crippen molar-refractivity contribution in [3.05, 3.63) is 83.7 Å². The molecular formula is C19H12F5N3O. The topological polar surface area (TPSA) is 54.0 Å². The average molecular weight is 393 g/mol. The van der Waals surface area contributed by atoms with E-state index in [1.54, 1.807) is 0 Å². The standard InChI is InChI=1S/C19H12F5N3O/c20-15-5-4-13(9-16(15)21)27-18(28)17-10-14(6-7-25-17)26-12-3-1-2-11(8-12)19(22,23)24/h1-10H,(H,25,26)(H,27,28). The van der Waals surface area contributed by atoms with E-state index in [0.717, 1.165) is 24.3 Å². The smallest absolute Gasteiger partial charge is 0.355 e. The van der Waals surface area contributed by atoms with E-state index in [0.29, 0.717) is 5.69 Å². The quantitative estimate of drug-likeness (QED) is 0.586. The van der Waals surface area contributed by atoms with Crippen LogP contribution in [0.2, 0.25) is 0 Å². The molecule has 1 aromatic heterocycles. The van der Waals surface area contributed by atoms with Gasteiger partial charge in [0.1, 0.15) is 5.69 Å². The number of carbonyl (C=O) groups excluding carboxylic acids is 1. The average Bonchev–Trinajstić information content (AvgIpc) is 2.64. The maximum absolute atomic E-state index is 13.2. The Bertz CT molecular complexity index is 1020. The summed E-state index contributed by atoms with van der Waals surface area (Å²) in [7, 11) is 0. The van der Waals surface area contributed by atoms with Gasteiger partial charge in [-0.25, -0.2) is 8.78 Å². The van der Waals surface area contributed by atoms with E-state index in [9.17, 15) is 26.7 Å². The molecule has 3 aromatic rings. The van der Waals surface area contributed by atoms with E-state index in [1.807, 2.05) is 0 Å². The van der Waals surface area contributed by atoms with Gasteiger partial charge in [0.2, 0.25) is 0 Å². The van der Waals surface area contributed by atoms with E-state index in [-0.39, 0.29) is 17.1 Å². The van der Waals surface area contributed by atoms with Crippen molar-refractivity contribution >= 4 is 23.0 Å². The highest BCUT2D eigenvalue weighted by Crippen LogP contribution is 2.31. The van der Waals surface area contributed by atoms with Crippen LogP contribution in [0.5, 0.6) is 0 Å². The largest absolute Gasteiger partial charge is 0.416 e. The van der Waals surface area contributed by atoms with Crippen LogP contribution < -0.4 is 10.6 Å². The van der Waals surface area contributed by atoms with Crippen LogP contribution in [0.1, 0.15) is 16.1 Å². The Kier molecular flexibility index (Phi) is 5.25. The molecule has 0 saturated carbocycles. The first-order chi connectivity index (χ1) is 13.2. The monoisotopic (exact) mass is 393 g/mol. The molecule has 0 aliphatic heterocycles. The molecule has 0 saturated heterocycles. The van der Waals surface area contributed by atoms with Gasteiger partial charge in [0.25, 0.3) is 5.91 Å². The molecule has 0 aliphatic rings. The molecule has 1 amide bonds. The second-order valence-electron chi connectivity index (χ2n) is 5.72. The van der Waals surface area contributed by atoms with Gasteiger partial charge < -0.3 is 10.6 Å². The molecule has 0 bridgehead atoms. The number of rotatable bonds is 4. The second kappa shape index (κ2) is 7.63. The highest BCUT2D eigenvalue weighted by molar-refractivity contribution is 6.03. The lowest BCUT2D eigenvalue weighted by Gasteiger charge is -2.11. The highest BCUT2D eigenvalue weighted by atomic mass is 19.4. The molecule has 2 aromatic carbocycles. The molecule has 144 valence electrons. The number of halogens is 5. The van der Waals surface area contributed by atoms with Crippen molar-refractivity contribution in [3.63, 3.8) is 0 Å². The number of alkyl halides is 3. The number of nitrogens with zero attached hydrogens (tertiary/aromatic N) is 1. The van der Waals surface area contributed by atoms with Crippen molar-refractivity contribution in [3.8, 4) is 0 Å². The zero-order valence-electron chi connectivity index (χ0n) is 14.0. The fourth-order valence-electron chi connectivity index (χ4n) is 2.34. The maximum Gasteiger partial charge on any atom is 0.416 e. The minimum Gasteiger partial charge on any atom is -0.355 e. The SMILES string of the molecule is O=C(Nc1ccc(F)c(F)c1)c1cc(Nc2cccc(C(F)(F)F)c2)ccn1. The van der Waals surface area contributed by atoms with Gasteiger partial charge in [-0.2, -0.15) is 13.2 Å². The highest BCUT2D eigenvalue weighted by Gasteiger charge is 2.30. The summed E-state index contributed by atoms with van der Waals surface area (Å²) in [5.41, 5.74) is -0.357. The third-order valence-corrected chi connectivity index (χ3v) is 3.65.